The monoisotopic (exact) mass is 279 g/mol. The molecule has 0 atom stereocenters. The number of nitriles is 1. The molecule has 0 bridgehead atoms. The molecule has 1 aliphatic carbocycles. The SMILES string of the molecule is Cc1ccc(C#N)c(-c2cnn(CC3CCCCC3)c2)c1. The minimum absolute atomic E-state index is 0.720. The quantitative estimate of drug-likeness (QED) is 0.840. The summed E-state index contributed by atoms with van der Waals surface area (Å²) in [6, 6.07) is 8.22. The molecule has 108 valence electrons. The van der Waals surface area contributed by atoms with Crippen molar-refractivity contribution in [3.63, 3.8) is 0 Å². The van der Waals surface area contributed by atoms with Crippen molar-refractivity contribution in [3.8, 4) is 17.2 Å². The van der Waals surface area contributed by atoms with Crippen molar-refractivity contribution in [3.05, 3.63) is 41.7 Å². The highest BCUT2D eigenvalue weighted by molar-refractivity contribution is 5.70. The van der Waals surface area contributed by atoms with Crippen LogP contribution in [0.3, 0.4) is 0 Å². The topological polar surface area (TPSA) is 41.6 Å². The molecule has 3 heteroatoms. The molecule has 1 aliphatic rings. The Kier molecular flexibility index (Phi) is 4.06. The van der Waals surface area contributed by atoms with Crippen molar-refractivity contribution in [2.45, 2.75) is 45.6 Å². The van der Waals surface area contributed by atoms with Crippen molar-refractivity contribution in [2.75, 3.05) is 0 Å². The van der Waals surface area contributed by atoms with Crippen LogP contribution in [0.4, 0.5) is 0 Å². The van der Waals surface area contributed by atoms with Gasteiger partial charge in [0, 0.05) is 23.9 Å². The van der Waals surface area contributed by atoms with E-state index >= 15 is 0 Å². The number of aryl methyl sites for hydroxylation is 1. The maximum absolute atomic E-state index is 9.26. The Labute approximate surface area is 126 Å². The predicted octanol–water partition coefficient (Wildman–Crippen LogP) is 4.31. The van der Waals surface area contributed by atoms with Gasteiger partial charge in [0.05, 0.1) is 17.8 Å². The first-order valence-corrected chi connectivity index (χ1v) is 7.80. The second-order valence-corrected chi connectivity index (χ2v) is 6.12. The van der Waals surface area contributed by atoms with Gasteiger partial charge in [-0.3, -0.25) is 4.68 Å². The lowest BCUT2D eigenvalue weighted by Crippen LogP contribution is -2.14. The molecule has 0 amide bonds. The third-order valence-corrected chi connectivity index (χ3v) is 4.41. The van der Waals surface area contributed by atoms with Crippen LogP contribution in [0.1, 0.15) is 43.2 Å². The smallest absolute Gasteiger partial charge is 0.0998 e. The van der Waals surface area contributed by atoms with E-state index in [2.05, 4.69) is 35.0 Å². The first kappa shape index (κ1) is 13.9. The summed E-state index contributed by atoms with van der Waals surface area (Å²) in [5.41, 5.74) is 3.93. The molecule has 0 spiro atoms. The van der Waals surface area contributed by atoms with Gasteiger partial charge in [-0.15, -0.1) is 0 Å². The Balaban J connectivity index is 1.81. The number of hydrogen-bond donors (Lipinski definition) is 0. The lowest BCUT2D eigenvalue weighted by atomic mass is 9.89. The molecule has 1 aromatic carbocycles. The Bertz CT molecular complexity index is 657. The Morgan fingerprint density at radius 2 is 2.10 bits per heavy atom. The van der Waals surface area contributed by atoms with Gasteiger partial charge < -0.3 is 0 Å². The van der Waals surface area contributed by atoms with Crippen molar-refractivity contribution in [2.24, 2.45) is 5.92 Å². The molecule has 0 saturated heterocycles. The molecule has 0 N–H and O–H groups in total. The van der Waals surface area contributed by atoms with Gasteiger partial charge in [-0.2, -0.15) is 10.4 Å². The largest absolute Gasteiger partial charge is 0.272 e. The van der Waals surface area contributed by atoms with E-state index in [-0.39, 0.29) is 0 Å². The fraction of sp³-hybridized carbons (Fsp3) is 0.444. The Morgan fingerprint density at radius 3 is 2.86 bits per heavy atom. The van der Waals surface area contributed by atoms with Crippen LogP contribution < -0.4 is 0 Å². The van der Waals surface area contributed by atoms with Gasteiger partial charge in [0.15, 0.2) is 0 Å². The number of aromatic nitrogens is 2. The van der Waals surface area contributed by atoms with Crippen LogP contribution >= 0.6 is 0 Å². The van der Waals surface area contributed by atoms with E-state index in [1.807, 2.05) is 18.3 Å². The zero-order chi connectivity index (χ0) is 14.7. The average molecular weight is 279 g/mol. The van der Waals surface area contributed by atoms with Crippen molar-refractivity contribution >= 4 is 0 Å². The summed E-state index contributed by atoms with van der Waals surface area (Å²) in [5, 5.41) is 13.8. The third kappa shape index (κ3) is 3.16. The van der Waals surface area contributed by atoms with E-state index in [9.17, 15) is 5.26 Å². The Morgan fingerprint density at radius 1 is 1.29 bits per heavy atom. The molecule has 1 aromatic heterocycles. The average Bonchev–Trinajstić information content (AvgIpc) is 2.96. The molecular formula is C18H21N3. The van der Waals surface area contributed by atoms with E-state index < -0.39 is 0 Å². The molecule has 0 radical (unpaired) electrons. The summed E-state index contributed by atoms with van der Waals surface area (Å²) in [6.07, 6.45) is 10.7. The third-order valence-electron chi connectivity index (χ3n) is 4.41. The fourth-order valence-electron chi connectivity index (χ4n) is 3.23. The molecule has 1 saturated carbocycles. The molecule has 0 aliphatic heterocycles. The lowest BCUT2D eigenvalue weighted by molar-refractivity contribution is 0.308. The van der Waals surface area contributed by atoms with Crippen molar-refractivity contribution in [1.82, 2.24) is 9.78 Å². The normalized spacial score (nSPS) is 15.8. The Hall–Kier alpha value is -2.08. The van der Waals surface area contributed by atoms with Gasteiger partial charge in [-0.25, -0.2) is 0 Å². The van der Waals surface area contributed by atoms with Crippen LogP contribution in [-0.2, 0) is 6.54 Å². The standard InChI is InChI=1S/C18H21N3/c1-14-7-8-16(10-19)18(9-14)17-11-20-21(13-17)12-15-5-3-2-4-6-15/h7-9,11,13,15H,2-6,12H2,1H3. The molecule has 0 unspecified atom stereocenters. The van der Waals surface area contributed by atoms with Crippen LogP contribution in [0.25, 0.3) is 11.1 Å². The van der Waals surface area contributed by atoms with E-state index in [0.717, 1.165) is 29.2 Å². The van der Waals surface area contributed by atoms with Gasteiger partial charge in [0.2, 0.25) is 0 Å². The molecule has 21 heavy (non-hydrogen) atoms. The van der Waals surface area contributed by atoms with Gasteiger partial charge in [0.25, 0.3) is 0 Å². The van der Waals surface area contributed by atoms with Crippen molar-refractivity contribution in [1.29, 1.82) is 5.26 Å². The van der Waals surface area contributed by atoms with Crippen LogP contribution in [0.5, 0.6) is 0 Å². The van der Waals surface area contributed by atoms with E-state index in [0.29, 0.717) is 0 Å². The van der Waals surface area contributed by atoms with E-state index in [1.165, 1.54) is 37.7 Å². The molecule has 3 rings (SSSR count). The molecule has 2 aromatic rings. The number of rotatable bonds is 3. The summed E-state index contributed by atoms with van der Waals surface area (Å²) in [4.78, 5) is 0. The van der Waals surface area contributed by atoms with Gasteiger partial charge >= 0.3 is 0 Å². The van der Waals surface area contributed by atoms with Gasteiger partial charge in [-0.05, 0) is 37.8 Å². The van der Waals surface area contributed by atoms with Gasteiger partial charge in [-0.1, -0.05) is 30.9 Å². The summed E-state index contributed by atoms with van der Waals surface area (Å²) >= 11 is 0. The minimum Gasteiger partial charge on any atom is -0.272 e. The lowest BCUT2D eigenvalue weighted by Gasteiger charge is -2.21. The zero-order valence-electron chi connectivity index (χ0n) is 12.5. The highest BCUT2D eigenvalue weighted by Gasteiger charge is 2.15. The first-order valence-electron chi connectivity index (χ1n) is 7.80. The van der Waals surface area contributed by atoms with Crippen LogP contribution in [-0.4, -0.2) is 9.78 Å². The maximum Gasteiger partial charge on any atom is 0.0998 e. The summed E-state index contributed by atoms with van der Waals surface area (Å²) in [5.74, 6) is 0.763. The number of nitrogens with zero attached hydrogens (tertiary/aromatic N) is 3. The second kappa shape index (κ2) is 6.13. The minimum atomic E-state index is 0.720. The van der Waals surface area contributed by atoms with E-state index in [4.69, 9.17) is 0 Å². The van der Waals surface area contributed by atoms with Crippen LogP contribution in [0, 0.1) is 24.2 Å². The fourth-order valence-corrected chi connectivity index (χ4v) is 3.23. The van der Waals surface area contributed by atoms with E-state index in [1.54, 1.807) is 0 Å². The molecule has 3 nitrogen and oxygen atoms in total. The summed E-state index contributed by atoms with van der Waals surface area (Å²) in [6.45, 7) is 3.06. The number of hydrogen-bond acceptors (Lipinski definition) is 2. The second-order valence-electron chi connectivity index (χ2n) is 6.12. The van der Waals surface area contributed by atoms with Crippen LogP contribution in [0.15, 0.2) is 30.6 Å². The molecule has 1 heterocycles. The summed E-state index contributed by atoms with van der Waals surface area (Å²) < 4.78 is 2.05. The summed E-state index contributed by atoms with van der Waals surface area (Å²) in [7, 11) is 0. The van der Waals surface area contributed by atoms with Gasteiger partial charge in [0.1, 0.15) is 0 Å². The van der Waals surface area contributed by atoms with Crippen LogP contribution in [0.2, 0.25) is 0 Å². The number of benzene rings is 1. The molecule has 1 fully saturated rings. The maximum atomic E-state index is 9.26. The predicted molar refractivity (Wildman–Crippen MR) is 83.7 cm³/mol. The zero-order valence-corrected chi connectivity index (χ0v) is 12.5. The van der Waals surface area contributed by atoms with Crippen molar-refractivity contribution < 1.29 is 0 Å². The first-order chi connectivity index (χ1) is 10.3. The highest BCUT2D eigenvalue weighted by Crippen LogP contribution is 2.27. The highest BCUT2D eigenvalue weighted by atomic mass is 15.3. The molecular weight excluding hydrogens is 258 g/mol.